The zero-order valence-electron chi connectivity index (χ0n) is 29.9. The highest BCUT2D eigenvalue weighted by molar-refractivity contribution is 6.76. The standard InChI is InChI=1S/C36H54ClN3O6Si2/c1-36(2,3)48(7,8)46-30-21-44-32-29(20-43-33(30)32)45-35-38-28-19-27(37)31(39-34(28)40(35)22-42-17-18-47(4,5)6)25-11-9-23(10-12-25)24-13-15-26(41)16-14-24/h9-12,19,24,26,29-30,32-33,41H,13-18,20-22H2,1-8H3/t24?,26?,29-,30-,32-,33-/m1/s1. The molecule has 0 spiro atoms. The lowest BCUT2D eigenvalue weighted by molar-refractivity contribution is 0.00687. The Kier molecular flexibility index (Phi) is 10.5. The Balaban J connectivity index is 1.24. The second kappa shape index (κ2) is 14.1. The third-order valence-corrected chi connectivity index (χ3v) is 17.2. The maximum Gasteiger partial charge on any atom is 0.301 e. The van der Waals surface area contributed by atoms with Gasteiger partial charge in [-0.05, 0) is 67.4 Å². The predicted octanol–water partition coefficient (Wildman–Crippen LogP) is 8.02. The van der Waals surface area contributed by atoms with Gasteiger partial charge in [0.25, 0.3) is 0 Å². The van der Waals surface area contributed by atoms with E-state index in [-0.39, 0.29) is 42.3 Å². The summed E-state index contributed by atoms with van der Waals surface area (Å²) in [6, 6.07) is 11.9. The van der Waals surface area contributed by atoms with E-state index in [0.29, 0.717) is 53.6 Å². The van der Waals surface area contributed by atoms with Crippen LogP contribution in [0, 0.1) is 0 Å². The third-order valence-electron chi connectivity index (χ3n) is 10.7. The van der Waals surface area contributed by atoms with Crippen LogP contribution in [0.25, 0.3) is 22.4 Å². The van der Waals surface area contributed by atoms with Crippen LogP contribution in [0.1, 0.15) is 57.9 Å². The third kappa shape index (κ3) is 7.88. The molecule has 1 aromatic carbocycles. The number of hydrogen-bond acceptors (Lipinski definition) is 8. The van der Waals surface area contributed by atoms with Crippen molar-refractivity contribution in [3.8, 4) is 17.3 Å². The number of imidazole rings is 1. The number of benzene rings is 1. The molecule has 1 saturated carbocycles. The van der Waals surface area contributed by atoms with Crippen molar-refractivity contribution in [3.63, 3.8) is 0 Å². The summed E-state index contributed by atoms with van der Waals surface area (Å²) in [6.07, 6.45) is 2.67. The molecule has 3 aliphatic rings. The number of pyridine rings is 1. The normalized spacial score (nSPS) is 26.7. The number of aliphatic hydroxyl groups excluding tert-OH is 1. The molecule has 2 saturated heterocycles. The van der Waals surface area contributed by atoms with E-state index >= 15 is 0 Å². The first-order chi connectivity index (χ1) is 22.6. The second-order valence-corrected chi connectivity index (χ2v) is 27.4. The lowest BCUT2D eigenvalue weighted by Crippen LogP contribution is -2.47. The van der Waals surface area contributed by atoms with Gasteiger partial charge >= 0.3 is 6.01 Å². The van der Waals surface area contributed by atoms with Crippen LogP contribution in [0.2, 0.25) is 48.8 Å². The molecule has 3 fully saturated rings. The second-order valence-electron chi connectivity index (χ2n) is 16.6. The fourth-order valence-electron chi connectivity index (χ4n) is 6.59. The highest BCUT2D eigenvalue weighted by atomic mass is 35.5. The number of hydrogen-bond donors (Lipinski definition) is 1. The lowest BCUT2D eigenvalue weighted by atomic mass is 9.82. The van der Waals surface area contributed by atoms with Gasteiger partial charge in [-0.3, -0.25) is 4.57 Å². The minimum absolute atomic E-state index is 0.0922. The van der Waals surface area contributed by atoms with E-state index in [9.17, 15) is 5.11 Å². The van der Waals surface area contributed by atoms with E-state index in [4.69, 9.17) is 44.9 Å². The lowest BCUT2D eigenvalue weighted by Gasteiger charge is -2.39. The van der Waals surface area contributed by atoms with E-state index in [2.05, 4.69) is 77.8 Å². The SMILES string of the molecule is CC(C)(C)[Si](C)(C)O[C@@H]1CO[C@H]2[C@@H]1OC[C@H]2Oc1nc2cc(Cl)c(-c3ccc(C4CCC(O)CC4)cc3)nc2n1COCC[Si](C)(C)C. The van der Waals surface area contributed by atoms with E-state index in [0.717, 1.165) is 37.3 Å². The fourth-order valence-corrected chi connectivity index (χ4v) is 8.92. The number of halogens is 1. The first kappa shape index (κ1) is 36.0. The Hall–Kier alpha value is -1.84. The Morgan fingerprint density at radius 1 is 0.938 bits per heavy atom. The molecule has 48 heavy (non-hydrogen) atoms. The van der Waals surface area contributed by atoms with Gasteiger partial charge in [0, 0.05) is 20.2 Å². The molecule has 4 atom stereocenters. The summed E-state index contributed by atoms with van der Waals surface area (Å²) in [7, 11) is -3.28. The molecule has 12 heteroatoms. The van der Waals surface area contributed by atoms with Gasteiger partial charge in [0.1, 0.15) is 24.5 Å². The van der Waals surface area contributed by atoms with Crippen molar-refractivity contribution in [3.05, 3.63) is 40.9 Å². The summed E-state index contributed by atoms with van der Waals surface area (Å²) >= 11 is 6.87. The molecule has 264 valence electrons. The van der Waals surface area contributed by atoms with E-state index in [1.807, 2.05) is 10.6 Å². The summed E-state index contributed by atoms with van der Waals surface area (Å²) in [6.45, 7) is 20.1. The van der Waals surface area contributed by atoms with Crippen molar-refractivity contribution < 1.29 is 28.5 Å². The molecule has 2 aromatic heterocycles. The first-order valence-electron chi connectivity index (χ1n) is 17.6. The molecule has 3 aromatic rings. The quantitative estimate of drug-likeness (QED) is 0.158. The Labute approximate surface area is 292 Å². The summed E-state index contributed by atoms with van der Waals surface area (Å²) in [5.41, 5.74) is 4.23. The molecule has 4 heterocycles. The van der Waals surface area contributed by atoms with Crippen molar-refractivity contribution in [1.29, 1.82) is 0 Å². The van der Waals surface area contributed by atoms with Crippen molar-refractivity contribution in [2.75, 3.05) is 19.8 Å². The van der Waals surface area contributed by atoms with Crippen molar-refractivity contribution in [2.45, 2.75) is 133 Å². The number of aromatic nitrogens is 3. The molecule has 6 rings (SSSR count). The van der Waals surface area contributed by atoms with Crippen LogP contribution in [-0.4, -0.2) is 86.4 Å². The molecule has 0 unspecified atom stereocenters. The minimum Gasteiger partial charge on any atom is -0.456 e. The largest absolute Gasteiger partial charge is 0.456 e. The zero-order chi connectivity index (χ0) is 34.4. The van der Waals surface area contributed by atoms with Crippen LogP contribution in [0.5, 0.6) is 6.01 Å². The van der Waals surface area contributed by atoms with Crippen LogP contribution in [0.4, 0.5) is 0 Å². The zero-order valence-corrected chi connectivity index (χ0v) is 32.7. The topological polar surface area (TPSA) is 97.1 Å². The maximum absolute atomic E-state index is 9.94. The predicted molar refractivity (Wildman–Crippen MR) is 195 cm³/mol. The van der Waals surface area contributed by atoms with Crippen molar-refractivity contribution >= 4 is 39.2 Å². The van der Waals surface area contributed by atoms with Gasteiger partial charge in [-0.2, -0.15) is 4.98 Å². The van der Waals surface area contributed by atoms with Gasteiger partial charge in [0.15, 0.2) is 20.1 Å². The van der Waals surface area contributed by atoms with Crippen LogP contribution < -0.4 is 4.74 Å². The summed E-state index contributed by atoms with van der Waals surface area (Å²) < 4.78 is 34.0. The van der Waals surface area contributed by atoms with Gasteiger partial charge in [-0.1, -0.05) is 76.3 Å². The van der Waals surface area contributed by atoms with Gasteiger partial charge in [0.2, 0.25) is 0 Å². The molecular weight excluding hydrogens is 662 g/mol. The van der Waals surface area contributed by atoms with Crippen LogP contribution in [0.3, 0.4) is 0 Å². The fraction of sp³-hybridized carbons (Fsp3) is 0.667. The summed E-state index contributed by atoms with van der Waals surface area (Å²) in [4.78, 5) is 9.94. The van der Waals surface area contributed by atoms with Gasteiger partial charge in [-0.25, -0.2) is 4.98 Å². The van der Waals surface area contributed by atoms with E-state index in [1.54, 1.807) is 0 Å². The van der Waals surface area contributed by atoms with E-state index < -0.39 is 16.4 Å². The average Bonchev–Trinajstić information content (AvgIpc) is 3.69. The average molecular weight is 716 g/mol. The van der Waals surface area contributed by atoms with Gasteiger partial charge in [0.05, 0.1) is 36.1 Å². The molecule has 1 N–H and O–H groups in total. The van der Waals surface area contributed by atoms with Crippen LogP contribution >= 0.6 is 11.6 Å². The smallest absolute Gasteiger partial charge is 0.301 e. The Morgan fingerprint density at radius 2 is 1.58 bits per heavy atom. The maximum atomic E-state index is 9.94. The molecule has 0 amide bonds. The number of rotatable bonds is 11. The monoisotopic (exact) mass is 715 g/mol. The number of aliphatic hydroxyl groups is 1. The van der Waals surface area contributed by atoms with Gasteiger partial charge in [-0.15, -0.1) is 0 Å². The highest BCUT2D eigenvalue weighted by Crippen LogP contribution is 2.41. The van der Waals surface area contributed by atoms with Crippen LogP contribution in [-0.2, 0) is 25.4 Å². The molecule has 1 aliphatic carbocycles. The number of nitrogens with zero attached hydrogens (tertiary/aromatic N) is 3. The molecule has 0 bridgehead atoms. The molecule has 9 nitrogen and oxygen atoms in total. The summed E-state index contributed by atoms with van der Waals surface area (Å²) in [5, 5.41) is 10.6. The Morgan fingerprint density at radius 3 is 2.23 bits per heavy atom. The van der Waals surface area contributed by atoms with E-state index in [1.165, 1.54) is 5.56 Å². The highest BCUT2D eigenvalue weighted by Gasteiger charge is 2.52. The number of ether oxygens (including phenoxy) is 4. The minimum atomic E-state index is -2.00. The van der Waals surface area contributed by atoms with Crippen molar-refractivity contribution in [1.82, 2.24) is 14.5 Å². The van der Waals surface area contributed by atoms with Crippen LogP contribution in [0.15, 0.2) is 30.3 Å². The Bertz CT molecular complexity index is 1560. The molecule has 0 radical (unpaired) electrons. The first-order valence-corrected chi connectivity index (χ1v) is 24.6. The summed E-state index contributed by atoms with van der Waals surface area (Å²) in [5.74, 6) is 0.472. The molecular formula is C36H54ClN3O6Si2. The van der Waals surface area contributed by atoms with Crippen molar-refractivity contribution in [2.24, 2.45) is 0 Å². The number of fused-ring (bicyclic) bond motifs is 2. The van der Waals surface area contributed by atoms with Gasteiger partial charge < -0.3 is 28.5 Å². The molecule has 2 aliphatic heterocycles.